The highest BCUT2D eigenvalue weighted by Crippen LogP contribution is 2.33. The van der Waals surface area contributed by atoms with E-state index < -0.39 is 33.3 Å². The van der Waals surface area contributed by atoms with Crippen LogP contribution in [0.1, 0.15) is 63.1 Å². The molecule has 2 aromatic carbocycles. The molecule has 0 aromatic heterocycles. The summed E-state index contributed by atoms with van der Waals surface area (Å²) in [5.74, 6) is 3.61. The van der Waals surface area contributed by atoms with E-state index in [1.165, 1.54) is 27.2 Å². The zero-order valence-corrected chi connectivity index (χ0v) is 25.1. The highest BCUT2D eigenvalue weighted by atomic mass is 35.5. The number of carbonyl (C=O) groups is 2. The number of benzene rings is 2. The number of hydrogen-bond donors (Lipinski definition) is 0. The summed E-state index contributed by atoms with van der Waals surface area (Å²) in [6.45, 7) is 9.41. The monoisotopic (exact) mass is 624 g/mol. The number of halogens is 5. The molecule has 0 N–H and O–H groups in total. The van der Waals surface area contributed by atoms with E-state index in [-0.39, 0.29) is 22.3 Å². The van der Waals surface area contributed by atoms with Gasteiger partial charge in [0, 0.05) is 11.0 Å². The van der Waals surface area contributed by atoms with Crippen LogP contribution in [0.5, 0.6) is 5.75 Å². The van der Waals surface area contributed by atoms with Crippen molar-refractivity contribution in [3.05, 3.63) is 63.1 Å². The third-order valence-electron chi connectivity index (χ3n) is 5.11. The minimum Gasteiger partial charge on any atom is -0.469 e. The van der Waals surface area contributed by atoms with E-state index in [0.29, 0.717) is 10.6 Å². The van der Waals surface area contributed by atoms with Crippen molar-refractivity contribution in [3.63, 3.8) is 0 Å². The Hall–Kier alpha value is -2.94. The van der Waals surface area contributed by atoms with Gasteiger partial charge in [-0.1, -0.05) is 47.2 Å². The van der Waals surface area contributed by atoms with Crippen LogP contribution in [0.2, 0.25) is 10.0 Å². The average Bonchev–Trinajstić information content (AvgIpc) is 2.86. The normalized spacial score (nSPS) is 13.0. The quantitative estimate of drug-likeness (QED) is 0.150. The van der Waals surface area contributed by atoms with Gasteiger partial charge < -0.3 is 13.7 Å². The number of hydrogen-bond acceptors (Lipinski definition) is 7. The number of alkyl halides is 3. The molecule has 220 valence electrons. The summed E-state index contributed by atoms with van der Waals surface area (Å²) in [5.41, 5.74) is -3.69. The molecule has 2 unspecified atom stereocenters. The van der Waals surface area contributed by atoms with E-state index in [9.17, 15) is 31.2 Å². The Morgan fingerprint density at radius 3 is 1.68 bits per heavy atom. The van der Waals surface area contributed by atoms with Crippen molar-refractivity contribution in [2.24, 2.45) is 5.41 Å². The Morgan fingerprint density at radius 1 is 0.850 bits per heavy atom. The molecule has 2 atom stereocenters. The van der Waals surface area contributed by atoms with Gasteiger partial charge in [0.05, 0.1) is 36.1 Å². The molecule has 0 aliphatic rings. The smallest absolute Gasteiger partial charge is 0.469 e. The molecule has 7 nitrogen and oxygen atoms in total. The van der Waals surface area contributed by atoms with Gasteiger partial charge in [0.2, 0.25) is 0 Å². The number of carbonyl (C=O) groups excluding carboxylic acids is 2. The van der Waals surface area contributed by atoms with Crippen molar-refractivity contribution >= 4 is 45.3 Å². The third-order valence-corrected chi connectivity index (χ3v) is 6.69. The van der Waals surface area contributed by atoms with Crippen LogP contribution in [0.3, 0.4) is 0 Å². The van der Waals surface area contributed by atoms with Gasteiger partial charge in [-0.3, -0.25) is 9.59 Å². The molecule has 0 aliphatic carbocycles. The summed E-state index contributed by atoms with van der Waals surface area (Å²) in [6, 6.07) is 8.76. The molecular weight excluding hydrogens is 596 g/mol. The summed E-state index contributed by atoms with van der Waals surface area (Å²) < 4.78 is 71.5. The van der Waals surface area contributed by atoms with E-state index >= 15 is 0 Å². The van der Waals surface area contributed by atoms with E-state index in [4.69, 9.17) is 27.9 Å². The van der Waals surface area contributed by atoms with Crippen LogP contribution in [0.4, 0.5) is 13.2 Å². The van der Waals surface area contributed by atoms with Crippen molar-refractivity contribution in [1.82, 2.24) is 0 Å². The summed E-state index contributed by atoms with van der Waals surface area (Å²) in [4.78, 5) is 22.8. The molecule has 0 radical (unpaired) electrons. The Labute approximate surface area is 242 Å². The van der Waals surface area contributed by atoms with Crippen LogP contribution in [-0.2, 0) is 29.2 Å². The topological polar surface area (TPSA) is 96.0 Å². The Balaban J connectivity index is 0.000000402. The second-order valence-electron chi connectivity index (χ2n) is 9.40. The first-order valence-electron chi connectivity index (χ1n) is 11.5. The molecule has 0 saturated heterocycles. The first kappa shape index (κ1) is 35.1. The lowest BCUT2D eigenvalue weighted by atomic mass is 9.96. The van der Waals surface area contributed by atoms with Gasteiger partial charge in [-0.25, -0.2) is 0 Å². The molecule has 0 saturated carbocycles. The van der Waals surface area contributed by atoms with Crippen molar-refractivity contribution in [2.45, 2.75) is 52.0 Å². The standard InChI is InChI=1S/C16H19ClO2.C11H10ClF3O5S/c1-11(15(18)19-5)13-7-6-12(14(17)10-13)8-9-16(2,3)4;1-6(10(16)19-2)7-3-4-9(8(12)5-7)20-21(17,18)11(13,14)15/h6-7,10-11H,1-5H3;3-6H,1-2H3. The van der Waals surface area contributed by atoms with Crippen molar-refractivity contribution in [3.8, 4) is 17.6 Å². The fraction of sp³-hybridized carbons (Fsp3) is 0.407. The van der Waals surface area contributed by atoms with Gasteiger partial charge in [0.1, 0.15) is 0 Å². The Bertz CT molecular complexity index is 1390. The predicted octanol–water partition coefficient (Wildman–Crippen LogP) is 6.86. The molecule has 13 heteroatoms. The van der Waals surface area contributed by atoms with Gasteiger partial charge in [0.15, 0.2) is 5.75 Å². The second kappa shape index (κ2) is 14.1. The number of ether oxygens (including phenoxy) is 2. The molecule has 0 fully saturated rings. The Morgan fingerprint density at radius 2 is 1.30 bits per heavy atom. The van der Waals surface area contributed by atoms with Gasteiger partial charge in [-0.05, 0) is 70.0 Å². The molecular formula is C27H29Cl2F3O7S. The lowest BCUT2D eigenvalue weighted by molar-refractivity contribution is -0.142. The van der Waals surface area contributed by atoms with Crippen LogP contribution in [-0.4, -0.2) is 40.1 Å². The van der Waals surface area contributed by atoms with Crippen molar-refractivity contribution < 1.29 is 44.8 Å². The van der Waals surface area contributed by atoms with Crippen LogP contribution >= 0.6 is 23.2 Å². The van der Waals surface area contributed by atoms with E-state index in [0.717, 1.165) is 23.3 Å². The summed E-state index contributed by atoms with van der Waals surface area (Å²) in [7, 11) is -3.25. The maximum absolute atomic E-state index is 12.2. The zero-order valence-electron chi connectivity index (χ0n) is 22.8. The minimum atomic E-state index is -5.80. The lowest BCUT2D eigenvalue weighted by Gasteiger charge is -2.13. The summed E-state index contributed by atoms with van der Waals surface area (Å²) in [6.07, 6.45) is 0. The van der Waals surface area contributed by atoms with Crippen LogP contribution < -0.4 is 4.18 Å². The van der Waals surface area contributed by atoms with E-state index in [1.54, 1.807) is 13.0 Å². The van der Waals surface area contributed by atoms with Gasteiger partial charge >= 0.3 is 27.6 Å². The molecule has 0 spiro atoms. The minimum absolute atomic E-state index is 0.0681. The average molecular weight is 625 g/mol. The van der Waals surface area contributed by atoms with Crippen LogP contribution in [0, 0.1) is 17.3 Å². The highest BCUT2D eigenvalue weighted by molar-refractivity contribution is 7.88. The SMILES string of the molecule is COC(=O)C(C)c1ccc(C#CC(C)(C)C)c(Cl)c1.COC(=O)C(C)c1ccc(OS(=O)(=O)C(F)(F)F)c(Cl)c1. The number of methoxy groups -OCH3 is 2. The van der Waals surface area contributed by atoms with Gasteiger partial charge in [-0.15, -0.1) is 0 Å². The van der Waals surface area contributed by atoms with E-state index in [2.05, 4.69) is 20.8 Å². The Kier molecular flexibility index (Phi) is 12.4. The molecule has 2 rings (SSSR count). The first-order valence-corrected chi connectivity index (χ1v) is 13.7. The molecule has 2 aromatic rings. The molecule has 0 aliphatic heterocycles. The third kappa shape index (κ3) is 10.2. The lowest BCUT2D eigenvalue weighted by Crippen LogP contribution is -2.28. The molecule has 40 heavy (non-hydrogen) atoms. The van der Waals surface area contributed by atoms with Gasteiger partial charge in [0.25, 0.3) is 0 Å². The fourth-order valence-electron chi connectivity index (χ4n) is 2.80. The molecule has 0 heterocycles. The largest absolute Gasteiger partial charge is 0.534 e. The van der Waals surface area contributed by atoms with Crippen molar-refractivity contribution in [2.75, 3.05) is 14.2 Å². The molecule has 0 bridgehead atoms. The van der Waals surface area contributed by atoms with Crippen LogP contribution in [0.25, 0.3) is 0 Å². The maximum Gasteiger partial charge on any atom is 0.534 e. The van der Waals surface area contributed by atoms with Gasteiger partial charge in [-0.2, -0.15) is 21.6 Å². The summed E-state index contributed by atoms with van der Waals surface area (Å²) >= 11 is 11.9. The number of esters is 2. The molecule has 0 amide bonds. The van der Waals surface area contributed by atoms with Crippen LogP contribution in [0.15, 0.2) is 36.4 Å². The van der Waals surface area contributed by atoms with Crippen molar-refractivity contribution in [1.29, 1.82) is 0 Å². The predicted molar refractivity (Wildman–Crippen MR) is 146 cm³/mol. The second-order valence-corrected chi connectivity index (χ2v) is 11.8. The first-order chi connectivity index (χ1) is 18.2. The fourth-order valence-corrected chi connectivity index (χ4v) is 3.79. The zero-order chi connectivity index (χ0) is 31.1. The summed E-state index contributed by atoms with van der Waals surface area (Å²) in [5, 5.41) is 0.182. The number of rotatable bonds is 6. The highest BCUT2D eigenvalue weighted by Gasteiger charge is 2.48. The van der Waals surface area contributed by atoms with E-state index in [1.807, 2.05) is 32.9 Å². The maximum atomic E-state index is 12.2.